The maximum atomic E-state index is 12.1. The highest BCUT2D eigenvalue weighted by Gasteiger charge is 2.23. The second-order valence-corrected chi connectivity index (χ2v) is 4.98. The smallest absolute Gasteiger partial charge is 0.326 e. The van der Waals surface area contributed by atoms with Gasteiger partial charge in [0.05, 0.1) is 6.04 Å². The Hall–Kier alpha value is -1.14. The minimum absolute atomic E-state index is 0.222. The molecule has 1 amide bonds. The maximum Gasteiger partial charge on any atom is 0.326 e. The highest BCUT2D eigenvalue weighted by Crippen LogP contribution is 2.04. The molecule has 0 aromatic rings. The summed E-state index contributed by atoms with van der Waals surface area (Å²) in [5.41, 5.74) is 0. The number of carboxylic acid groups (broad SMARTS) is 1. The number of hydrogen-bond acceptors (Lipinski definition) is 4. The molecule has 0 fully saturated rings. The molecule has 0 heterocycles. The maximum absolute atomic E-state index is 12.1. The van der Waals surface area contributed by atoms with Crippen molar-refractivity contribution in [1.29, 1.82) is 0 Å². The van der Waals surface area contributed by atoms with Crippen LogP contribution >= 0.6 is 0 Å². The first-order valence-electron chi connectivity index (χ1n) is 8.41. The average Bonchev–Trinajstić information content (AvgIpc) is 2.53. The molecule has 132 valence electrons. The fraction of sp³-hybridized carbons (Fsp3) is 0.875. The summed E-state index contributed by atoms with van der Waals surface area (Å²) in [6, 6.07) is -1.11. The van der Waals surface area contributed by atoms with E-state index in [1.807, 2.05) is 27.8 Å². The van der Waals surface area contributed by atoms with Crippen LogP contribution in [0.5, 0.6) is 0 Å². The molecule has 0 rings (SSSR count). The molecule has 0 saturated heterocycles. The molecule has 6 nitrogen and oxygen atoms in total. The zero-order valence-electron chi connectivity index (χ0n) is 14.9. The number of unbranched alkanes of at least 4 members (excludes halogenated alkanes) is 2. The second kappa shape index (κ2) is 16.2. The van der Waals surface area contributed by atoms with Crippen molar-refractivity contribution in [3.63, 3.8) is 0 Å². The molecular weight excluding hydrogens is 282 g/mol. The highest BCUT2D eigenvalue weighted by molar-refractivity contribution is 5.86. The SMILES string of the molecule is CC.CCCCC(NC(=O)C(CCCCNC)NC)C(=O)O. The van der Waals surface area contributed by atoms with Crippen LogP contribution in [-0.2, 0) is 9.59 Å². The zero-order valence-corrected chi connectivity index (χ0v) is 14.9. The molecule has 2 unspecified atom stereocenters. The Labute approximate surface area is 135 Å². The van der Waals surface area contributed by atoms with Crippen molar-refractivity contribution in [2.75, 3.05) is 20.6 Å². The fourth-order valence-electron chi connectivity index (χ4n) is 1.99. The van der Waals surface area contributed by atoms with Crippen molar-refractivity contribution < 1.29 is 14.7 Å². The number of likely N-dealkylation sites (N-methyl/N-ethyl adjacent to an activating group) is 1. The molecule has 6 heteroatoms. The number of amides is 1. The van der Waals surface area contributed by atoms with Gasteiger partial charge in [0.25, 0.3) is 0 Å². The number of carboxylic acids is 1. The number of carbonyl (C=O) groups is 2. The molecule has 0 saturated carbocycles. The van der Waals surface area contributed by atoms with Gasteiger partial charge in [0.15, 0.2) is 0 Å². The normalized spacial score (nSPS) is 12.8. The quantitative estimate of drug-likeness (QED) is 0.412. The molecule has 0 aromatic heterocycles. The lowest BCUT2D eigenvalue weighted by atomic mass is 10.1. The van der Waals surface area contributed by atoms with Gasteiger partial charge in [-0.25, -0.2) is 4.79 Å². The Kier molecular flexibility index (Phi) is 17.1. The van der Waals surface area contributed by atoms with Gasteiger partial charge < -0.3 is 21.1 Å². The first kappa shape index (κ1) is 23.1. The third-order valence-corrected chi connectivity index (χ3v) is 3.30. The van der Waals surface area contributed by atoms with Gasteiger partial charge in [0, 0.05) is 0 Å². The van der Waals surface area contributed by atoms with E-state index in [1.54, 1.807) is 7.05 Å². The molecular formula is C16H35N3O3. The predicted octanol–water partition coefficient (Wildman–Crippen LogP) is 1.75. The number of rotatable bonds is 12. The van der Waals surface area contributed by atoms with E-state index >= 15 is 0 Å². The topological polar surface area (TPSA) is 90.5 Å². The number of hydrogen-bond donors (Lipinski definition) is 4. The fourth-order valence-corrected chi connectivity index (χ4v) is 1.99. The molecule has 0 aliphatic rings. The molecule has 0 spiro atoms. The van der Waals surface area contributed by atoms with Crippen LogP contribution in [0.25, 0.3) is 0 Å². The molecule has 4 N–H and O–H groups in total. The van der Waals surface area contributed by atoms with E-state index in [1.165, 1.54) is 0 Å². The number of carbonyl (C=O) groups excluding carboxylic acids is 1. The zero-order chi connectivity index (χ0) is 17.4. The summed E-state index contributed by atoms with van der Waals surface area (Å²) in [6.07, 6.45) is 4.83. The summed E-state index contributed by atoms with van der Waals surface area (Å²) in [4.78, 5) is 23.2. The Morgan fingerprint density at radius 3 is 2.05 bits per heavy atom. The van der Waals surface area contributed by atoms with Crippen LogP contribution in [0.1, 0.15) is 59.3 Å². The van der Waals surface area contributed by atoms with Gasteiger partial charge in [-0.05, 0) is 39.9 Å². The molecule has 0 aliphatic heterocycles. The number of nitrogens with one attached hydrogen (secondary N) is 3. The van der Waals surface area contributed by atoms with E-state index in [-0.39, 0.29) is 11.9 Å². The van der Waals surface area contributed by atoms with Crippen LogP contribution in [0, 0.1) is 0 Å². The third-order valence-electron chi connectivity index (χ3n) is 3.30. The van der Waals surface area contributed by atoms with Gasteiger partial charge in [-0.2, -0.15) is 0 Å². The van der Waals surface area contributed by atoms with E-state index in [2.05, 4.69) is 16.0 Å². The summed E-state index contributed by atoms with van der Waals surface area (Å²) in [5, 5.41) is 17.7. The first-order valence-corrected chi connectivity index (χ1v) is 8.41. The van der Waals surface area contributed by atoms with Crippen molar-refractivity contribution in [2.24, 2.45) is 0 Å². The van der Waals surface area contributed by atoms with E-state index in [4.69, 9.17) is 5.11 Å². The van der Waals surface area contributed by atoms with Crippen LogP contribution in [0.3, 0.4) is 0 Å². The highest BCUT2D eigenvalue weighted by atomic mass is 16.4. The van der Waals surface area contributed by atoms with E-state index in [9.17, 15) is 9.59 Å². The summed E-state index contributed by atoms with van der Waals surface area (Å²) < 4.78 is 0. The molecule has 0 bridgehead atoms. The lowest BCUT2D eigenvalue weighted by Crippen LogP contribution is -2.49. The van der Waals surface area contributed by atoms with Gasteiger partial charge >= 0.3 is 5.97 Å². The lowest BCUT2D eigenvalue weighted by Gasteiger charge is -2.20. The van der Waals surface area contributed by atoms with Crippen LogP contribution in [0.2, 0.25) is 0 Å². The minimum atomic E-state index is -0.961. The van der Waals surface area contributed by atoms with Gasteiger partial charge in [0.2, 0.25) is 5.91 Å². The molecule has 0 radical (unpaired) electrons. The molecule has 22 heavy (non-hydrogen) atoms. The Morgan fingerprint density at radius 2 is 1.59 bits per heavy atom. The molecule has 0 aliphatic carbocycles. The van der Waals surface area contributed by atoms with Gasteiger partial charge in [-0.1, -0.05) is 40.0 Å². The Morgan fingerprint density at radius 1 is 1.00 bits per heavy atom. The lowest BCUT2D eigenvalue weighted by molar-refractivity contribution is -0.142. The van der Waals surface area contributed by atoms with Crippen LogP contribution in [0.4, 0.5) is 0 Å². The van der Waals surface area contributed by atoms with E-state index < -0.39 is 12.0 Å². The van der Waals surface area contributed by atoms with Crippen LogP contribution in [-0.4, -0.2) is 49.7 Å². The summed E-state index contributed by atoms with van der Waals surface area (Å²) in [7, 11) is 3.62. The van der Waals surface area contributed by atoms with Gasteiger partial charge in [0.1, 0.15) is 6.04 Å². The minimum Gasteiger partial charge on any atom is -0.480 e. The summed E-state index contributed by atoms with van der Waals surface area (Å²) in [6.45, 7) is 6.92. The first-order chi connectivity index (χ1) is 10.6. The Bertz CT molecular complexity index is 286. The standard InChI is InChI=1S/C14H29N3O3.C2H6/c1-4-5-8-12(14(19)20)17-13(18)11(16-3)9-6-7-10-15-2;1-2/h11-12,15-16H,4-10H2,1-3H3,(H,17,18)(H,19,20);1-2H3. The van der Waals surface area contributed by atoms with Crippen LogP contribution < -0.4 is 16.0 Å². The average molecular weight is 317 g/mol. The summed E-state index contributed by atoms with van der Waals surface area (Å²) >= 11 is 0. The van der Waals surface area contributed by atoms with Gasteiger partial charge in [-0.3, -0.25) is 4.79 Å². The second-order valence-electron chi connectivity index (χ2n) is 4.98. The number of aliphatic carboxylic acids is 1. The van der Waals surface area contributed by atoms with Crippen molar-refractivity contribution in [2.45, 2.75) is 71.4 Å². The van der Waals surface area contributed by atoms with Crippen molar-refractivity contribution in [3.8, 4) is 0 Å². The largest absolute Gasteiger partial charge is 0.480 e. The Balaban J connectivity index is 0. The van der Waals surface area contributed by atoms with E-state index in [0.29, 0.717) is 12.8 Å². The van der Waals surface area contributed by atoms with Crippen molar-refractivity contribution in [1.82, 2.24) is 16.0 Å². The van der Waals surface area contributed by atoms with Gasteiger partial charge in [-0.15, -0.1) is 0 Å². The summed E-state index contributed by atoms with van der Waals surface area (Å²) in [5.74, 6) is -1.18. The van der Waals surface area contributed by atoms with Crippen molar-refractivity contribution in [3.05, 3.63) is 0 Å². The van der Waals surface area contributed by atoms with Crippen molar-refractivity contribution >= 4 is 11.9 Å². The van der Waals surface area contributed by atoms with Crippen LogP contribution in [0.15, 0.2) is 0 Å². The third kappa shape index (κ3) is 11.5. The molecule has 0 aromatic carbocycles. The predicted molar refractivity (Wildman–Crippen MR) is 91.1 cm³/mol. The monoisotopic (exact) mass is 317 g/mol. The van der Waals surface area contributed by atoms with E-state index in [0.717, 1.165) is 32.2 Å². The molecule has 2 atom stereocenters.